The average Bonchev–Trinajstić information content (AvgIpc) is 2.16. The summed E-state index contributed by atoms with van der Waals surface area (Å²) in [5.41, 5.74) is -0.536. The van der Waals surface area contributed by atoms with E-state index < -0.39 is 20.5 Å². The molecule has 1 rings (SSSR count). The lowest BCUT2D eigenvalue weighted by Gasteiger charge is -2.21. The highest BCUT2D eigenvalue weighted by atomic mass is 35.7. The number of nitrogens with one attached hydrogen (secondary N) is 1. The summed E-state index contributed by atoms with van der Waals surface area (Å²) in [6.07, 6.45) is 0. The van der Waals surface area contributed by atoms with Crippen LogP contribution in [0.1, 0.15) is 31.1 Å². The fourth-order valence-electron chi connectivity index (χ4n) is 1.31. The molecule has 0 fully saturated rings. The van der Waals surface area contributed by atoms with Gasteiger partial charge in [0.25, 0.3) is 15.0 Å². The Hall–Kier alpha value is -0.490. The third kappa shape index (κ3) is 4.53. The molecule has 1 aromatic carbocycles. The molecule has 1 aromatic rings. The molecule has 0 aliphatic heterocycles. The van der Waals surface area contributed by atoms with Gasteiger partial charge in [-0.05, 0) is 32.9 Å². The molecule has 0 aromatic heterocycles. The highest BCUT2D eigenvalue weighted by molar-refractivity contribution is 8.13. The maximum absolute atomic E-state index is 12.0. The van der Waals surface area contributed by atoms with Crippen LogP contribution in [0.5, 0.6) is 0 Å². The van der Waals surface area contributed by atoms with E-state index in [4.69, 9.17) is 33.9 Å². The van der Waals surface area contributed by atoms with Crippen LogP contribution < -0.4 is 5.32 Å². The minimum absolute atomic E-state index is 0.0386. The van der Waals surface area contributed by atoms with Gasteiger partial charge in [-0.15, -0.1) is 0 Å². The molecule has 1 amide bonds. The molecule has 19 heavy (non-hydrogen) atoms. The smallest absolute Gasteiger partial charge is 0.262 e. The number of benzene rings is 1. The van der Waals surface area contributed by atoms with Crippen LogP contribution in [0.2, 0.25) is 10.0 Å². The molecular weight excluding hydrogens is 333 g/mol. The van der Waals surface area contributed by atoms with Crippen LogP contribution in [-0.4, -0.2) is 19.9 Å². The van der Waals surface area contributed by atoms with E-state index in [9.17, 15) is 13.2 Å². The van der Waals surface area contributed by atoms with Crippen molar-refractivity contribution in [1.82, 2.24) is 5.32 Å². The van der Waals surface area contributed by atoms with Crippen molar-refractivity contribution in [2.75, 3.05) is 0 Å². The summed E-state index contributed by atoms with van der Waals surface area (Å²) in [5.74, 6) is -0.526. The lowest BCUT2D eigenvalue weighted by molar-refractivity contribution is 0.0919. The summed E-state index contributed by atoms with van der Waals surface area (Å²) in [6.45, 7) is 5.34. The Bertz CT molecular complexity index is 621. The van der Waals surface area contributed by atoms with E-state index in [1.54, 1.807) is 20.8 Å². The second kappa shape index (κ2) is 5.48. The van der Waals surface area contributed by atoms with E-state index in [-0.39, 0.29) is 20.5 Å². The molecule has 0 bridgehead atoms. The van der Waals surface area contributed by atoms with Gasteiger partial charge in [-0.2, -0.15) is 0 Å². The SMILES string of the molecule is CC(C)(C)NC(=O)c1cc(Cl)cc(S(=O)(=O)Cl)c1Cl. The molecule has 0 unspecified atom stereocenters. The maximum Gasteiger partial charge on any atom is 0.262 e. The van der Waals surface area contributed by atoms with Crippen molar-refractivity contribution in [3.63, 3.8) is 0 Å². The largest absolute Gasteiger partial charge is 0.347 e. The van der Waals surface area contributed by atoms with Crippen LogP contribution in [0.15, 0.2) is 17.0 Å². The number of carbonyl (C=O) groups excluding carboxylic acids is 1. The lowest BCUT2D eigenvalue weighted by Crippen LogP contribution is -2.40. The number of halogens is 3. The number of rotatable bonds is 2. The van der Waals surface area contributed by atoms with Gasteiger partial charge in [0.05, 0.1) is 10.6 Å². The van der Waals surface area contributed by atoms with Gasteiger partial charge >= 0.3 is 0 Å². The zero-order valence-corrected chi connectivity index (χ0v) is 13.5. The van der Waals surface area contributed by atoms with Gasteiger partial charge in [0.2, 0.25) is 0 Å². The van der Waals surface area contributed by atoms with Gasteiger partial charge in [-0.25, -0.2) is 8.42 Å². The summed E-state index contributed by atoms with van der Waals surface area (Å²) in [7, 11) is 1.16. The maximum atomic E-state index is 12.0. The Morgan fingerprint density at radius 3 is 2.16 bits per heavy atom. The molecule has 4 nitrogen and oxygen atoms in total. The molecule has 0 heterocycles. The van der Waals surface area contributed by atoms with E-state index in [0.717, 1.165) is 6.07 Å². The van der Waals surface area contributed by atoms with Crippen molar-refractivity contribution >= 4 is 48.8 Å². The summed E-state index contributed by atoms with van der Waals surface area (Å²) >= 11 is 11.7. The highest BCUT2D eigenvalue weighted by Gasteiger charge is 2.24. The monoisotopic (exact) mass is 343 g/mol. The Morgan fingerprint density at radius 1 is 1.21 bits per heavy atom. The van der Waals surface area contributed by atoms with E-state index in [1.807, 2.05) is 0 Å². The third-order valence-corrected chi connectivity index (χ3v) is 4.08. The third-order valence-electron chi connectivity index (χ3n) is 2.00. The molecular formula is C11H12Cl3NO3S. The number of hydrogen-bond donors (Lipinski definition) is 1. The second-order valence-corrected chi connectivity index (χ2v) is 8.26. The summed E-state index contributed by atoms with van der Waals surface area (Å²) in [6, 6.07) is 2.39. The Labute approximate surface area is 126 Å². The van der Waals surface area contributed by atoms with Crippen molar-refractivity contribution in [3.8, 4) is 0 Å². The summed E-state index contributed by atoms with van der Waals surface area (Å²) in [4.78, 5) is 11.6. The fraction of sp³-hybridized carbons (Fsp3) is 0.364. The quantitative estimate of drug-likeness (QED) is 0.836. The number of amides is 1. The molecule has 0 atom stereocenters. The summed E-state index contributed by atoms with van der Waals surface area (Å²) in [5, 5.41) is 2.47. The van der Waals surface area contributed by atoms with E-state index >= 15 is 0 Å². The lowest BCUT2D eigenvalue weighted by atomic mass is 10.1. The normalized spacial score (nSPS) is 12.3. The van der Waals surface area contributed by atoms with Crippen LogP contribution in [0.25, 0.3) is 0 Å². The molecule has 0 radical (unpaired) electrons. The topological polar surface area (TPSA) is 63.2 Å². The molecule has 0 saturated carbocycles. The van der Waals surface area contributed by atoms with Crippen LogP contribution in [0.4, 0.5) is 0 Å². The van der Waals surface area contributed by atoms with Gasteiger partial charge in [0.15, 0.2) is 0 Å². The van der Waals surface area contributed by atoms with Gasteiger partial charge in [0, 0.05) is 21.2 Å². The van der Waals surface area contributed by atoms with Gasteiger partial charge in [-0.3, -0.25) is 4.79 Å². The van der Waals surface area contributed by atoms with E-state index in [1.165, 1.54) is 6.07 Å². The van der Waals surface area contributed by atoms with Crippen molar-refractivity contribution < 1.29 is 13.2 Å². The highest BCUT2D eigenvalue weighted by Crippen LogP contribution is 2.31. The molecule has 0 spiro atoms. The first-order valence-corrected chi connectivity index (χ1v) is 8.24. The second-order valence-electron chi connectivity index (χ2n) is 4.91. The standard InChI is InChI=1S/C11H12Cl3NO3S/c1-11(2,3)15-10(16)7-4-6(12)5-8(9(7)13)19(14,17)18/h4-5H,1-3H3,(H,15,16). The van der Waals surface area contributed by atoms with Crippen LogP contribution in [0.3, 0.4) is 0 Å². The number of carbonyl (C=O) groups is 1. The Kier molecular flexibility index (Phi) is 4.78. The fourth-order valence-corrected chi connectivity index (χ4v) is 3.17. The van der Waals surface area contributed by atoms with E-state index in [0.29, 0.717) is 0 Å². The van der Waals surface area contributed by atoms with E-state index in [2.05, 4.69) is 5.32 Å². The minimum atomic E-state index is -4.08. The molecule has 8 heteroatoms. The van der Waals surface area contributed by atoms with Crippen molar-refractivity contribution in [2.45, 2.75) is 31.2 Å². The van der Waals surface area contributed by atoms with Crippen molar-refractivity contribution in [1.29, 1.82) is 0 Å². The van der Waals surface area contributed by atoms with Gasteiger partial charge in [-0.1, -0.05) is 23.2 Å². The predicted octanol–water partition coefficient (Wildman–Crippen LogP) is 3.45. The van der Waals surface area contributed by atoms with Crippen molar-refractivity contribution in [2.24, 2.45) is 0 Å². The Morgan fingerprint density at radius 2 is 1.74 bits per heavy atom. The van der Waals surface area contributed by atoms with Crippen molar-refractivity contribution in [3.05, 3.63) is 27.7 Å². The average molecular weight is 345 g/mol. The van der Waals surface area contributed by atoms with Crippen LogP contribution >= 0.6 is 33.9 Å². The Balaban J connectivity index is 3.38. The first-order chi connectivity index (χ1) is 8.42. The molecule has 106 valence electrons. The van der Waals surface area contributed by atoms with Crippen LogP contribution in [0, 0.1) is 0 Å². The zero-order chi connectivity index (χ0) is 15.0. The molecule has 0 aliphatic carbocycles. The zero-order valence-electron chi connectivity index (χ0n) is 10.4. The van der Waals surface area contributed by atoms with Gasteiger partial charge < -0.3 is 5.32 Å². The molecule has 1 N–H and O–H groups in total. The first-order valence-electron chi connectivity index (χ1n) is 5.18. The predicted molar refractivity (Wildman–Crippen MR) is 76.7 cm³/mol. The molecule has 0 aliphatic rings. The first kappa shape index (κ1) is 16.6. The van der Waals surface area contributed by atoms with Gasteiger partial charge in [0.1, 0.15) is 4.90 Å². The summed E-state index contributed by atoms with van der Waals surface area (Å²) < 4.78 is 22.7. The number of hydrogen-bond acceptors (Lipinski definition) is 3. The minimum Gasteiger partial charge on any atom is -0.347 e. The van der Waals surface area contributed by atoms with Crippen LogP contribution in [-0.2, 0) is 9.05 Å². The molecule has 0 saturated heterocycles.